The SMILES string of the molecule is Cc1nccn1-c1ccc(NC(=O)C(F)(F)F)cn1. The zero-order valence-corrected chi connectivity index (χ0v) is 9.77. The molecule has 0 aromatic carbocycles. The fraction of sp³-hybridized carbons (Fsp3) is 0.182. The highest BCUT2D eigenvalue weighted by atomic mass is 19.4. The van der Waals surface area contributed by atoms with Crippen LogP contribution in [0.1, 0.15) is 5.82 Å². The first-order valence-corrected chi connectivity index (χ1v) is 5.22. The summed E-state index contributed by atoms with van der Waals surface area (Å²) in [6.07, 6.45) is -0.514. The number of aryl methyl sites for hydroxylation is 1. The van der Waals surface area contributed by atoms with Crippen molar-refractivity contribution in [2.45, 2.75) is 13.1 Å². The Bertz CT molecular complexity index is 589. The van der Waals surface area contributed by atoms with Gasteiger partial charge in [-0.25, -0.2) is 9.97 Å². The van der Waals surface area contributed by atoms with E-state index in [1.54, 1.807) is 29.2 Å². The average molecular weight is 270 g/mol. The molecular formula is C11H9F3N4O. The predicted molar refractivity (Wildman–Crippen MR) is 60.8 cm³/mol. The number of amides is 1. The van der Waals surface area contributed by atoms with Crippen molar-refractivity contribution in [3.63, 3.8) is 0 Å². The molecule has 0 spiro atoms. The summed E-state index contributed by atoms with van der Waals surface area (Å²) in [7, 11) is 0. The number of nitrogens with zero attached hydrogens (tertiary/aromatic N) is 3. The number of imidazole rings is 1. The molecule has 0 bridgehead atoms. The molecule has 0 fully saturated rings. The largest absolute Gasteiger partial charge is 0.471 e. The van der Waals surface area contributed by atoms with Crippen molar-refractivity contribution in [1.29, 1.82) is 0 Å². The van der Waals surface area contributed by atoms with Crippen molar-refractivity contribution in [1.82, 2.24) is 14.5 Å². The summed E-state index contributed by atoms with van der Waals surface area (Å²) >= 11 is 0. The van der Waals surface area contributed by atoms with Crippen LogP contribution in [0.5, 0.6) is 0 Å². The molecule has 0 saturated heterocycles. The van der Waals surface area contributed by atoms with Gasteiger partial charge in [0.05, 0.1) is 11.9 Å². The molecule has 0 aliphatic rings. The fourth-order valence-electron chi connectivity index (χ4n) is 1.42. The van der Waals surface area contributed by atoms with E-state index >= 15 is 0 Å². The van der Waals surface area contributed by atoms with Crippen LogP contribution in [0, 0.1) is 6.92 Å². The molecule has 5 nitrogen and oxygen atoms in total. The lowest BCUT2D eigenvalue weighted by Crippen LogP contribution is -2.29. The van der Waals surface area contributed by atoms with Gasteiger partial charge in [-0.1, -0.05) is 0 Å². The number of rotatable bonds is 2. The molecule has 0 aliphatic carbocycles. The first-order valence-electron chi connectivity index (χ1n) is 5.22. The summed E-state index contributed by atoms with van der Waals surface area (Å²) in [6, 6.07) is 2.83. The van der Waals surface area contributed by atoms with Gasteiger partial charge in [0.2, 0.25) is 0 Å². The van der Waals surface area contributed by atoms with Crippen molar-refractivity contribution in [3.8, 4) is 5.82 Å². The molecule has 8 heteroatoms. The Kier molecular flexibility index (Phi) is 3.24. The molecule has 2 aromatic rings. The second kappa shape index (κ2) is 4.71. The van der Waals surface area contributed by atoms with Gasteiger partial charge in [0.15, 0.2) is 0 Å². The minimum Gasteiger partial charge on any atom is -0.317 e. The van der Waals surface area contributed by atoms with Gasteiger partial charge in [0.1, 0.15) is 11.6 Å². The molecule has 0 saturated carbocycles. The molecule has 1 N–H and O–H groups in total. The van der Waals surface area contributed by atoms with E-state index in [9.17, 15) is 18.0 Å². The lowest BCUT2D eigenvalue weighted by Gasteiger charge is -2.08. The summed E-state index contributed by atoms with van der Waals surface area (Å²) in [5, 5.41) is 1.72. The molecule has 0 unspecified atom stereocenters. The van der Waals surface area contributed by atoms with Crippen molar-refractivity contribution in [3.05, 3.63) is 36.5 Å². The van der Waals surface area contributed by atoms with Gasteiger partial charge in [-0.2, -0.15) is 13.2 Å². The van der Waals surface area contributed by atoms with E-state index < -0.39 is 12.1 Å². The molecule has 0 aliphatic heterocycles. The monoisotopic (exact) mass is 270 g/mol. The Morgan fingerprint density at radius 1 is 1.32 bits per heavy atom. The second-order valence-corrected chi connectivity index (χ2v) is 3.70. The predicted octanol–water partition coefficient (Wildman–Crippen LogP) is 2.08. The normalized spacial score (nSPS) is 11.4. The zero-order chi connectivity index (χ0) is 14.0. The van der Waals surface area contributed by atoms with E-state index in [1.165, 1.54) is 12.1 Å². The number of carbonyl (C=O) groups excluding carboxylic acids is 1. The number of hydrogen-bond donors (Lipinski definition) is 1. The van der Waals surface area contributed by atoms with Gasteiger partial charge in [-0.05, 0) is 19.1 Å². The summed E-state index contributed by atoms with van der Waals surface area (Å²) < 4.78 is 37.8. The number of pyridine rings is 1. The number of halogens is 3. The molecule has 19 heavy (non-hydrogen) atoms. The Morgan fingerprint density at radius 3 is 2.53 bits per heavy atom. The summed E-state index contributed by atoms with van der Waals surface area (Å²) in [4.78, 5) is 18.7. The minimum atomic E-state index is -4.92. The van der Waals surface area contributed by atoms with Gasteiger partial charge in [-0.15, -0.1) is 0 Å². The highest BCUT2D eigenvalue weighted by molar-refractivity contribution is 5.94. The quantitative estimate of drug-likeness (QED) is 0.908. The standard InChI is InChI=1S/C11H9F3N4O/c1-7-15-4-5-18(7)9-3-2-8(6-16-9)17-10(19)11(12,13)14/h2-6H,1H3,(H,17,19). The number of aromatic nitrogens is 3. The molecule has 100 valence electrons. The van der Waals surface area contributed by atoms with Crippen LogP contribution in [0.15, 0.2) is 30.7 Å². The Balaban J connectivity index is 2.16. The minimum absolute atomic E-state index is 0.0242. The van der Waals surface area contributed by atoms with Gasteiger partial charge in [0.25, 0.3) is 0 Å². The molecular weight excluding hydrogens is 261 g/mol. The average Bonchev–Trinajstić information content (AvgIpc) is 2.75. The summed E-state index contributed by atoms with van der Waals surface area (Å²) in [6.45, 7) is 1.76. The number of hydrogen-bond acceptors (Lipinski definition) is 3. The van der Waals surface area contributed by atoms with Crippen LogP contribution in [0.4, 0.5) is 18.9 Å². The van der Waals surface area contributed by atoms with Gasteiger partial charge in [0, 0.05) is 12.4 Å². The maximum absolute atomic E-state index is 12.0. The van der Waals surface area contributed by atoms with Crippen molar-refractivity contribution < 1.29 is 18.0 Å². The molecule has 2 aromatic heterocycles. The second-order valence-electron chi connectivity index (χ2n) is 3.70. The number of anilines is 1. The van der Waals surface area contributed by atoms with E-state index in [-0.39, 0.29) is 5.69 Å². The van der Waals surface area contributed by atoms with E-state index in [0.717, 1.165) is 6.20 Å². The summed E-state index contributed by atoms with van der Waals surface area (Å²) in [5.41, 5.74) is -0.0242. The van der Waals surface area contributed by atoms with E-state index in [0.29, 0.717) is 11.6 Å². The molecule has 0 radical (unpaired) electrons. The third kappa shape index (κ3) is 2.90. The molecule has 2 heterocycles. The van der Waals surface area contributed by atoms with E-state index in [1.807, 2.05) is 0 Å². The smallest absolute Gasteiger partial charge is 0.317 e. The van der Waals surface area contributed by atoms with Crippen LogP contribution >= 0.6 is 0 Å². The third-order valence-electron chi connectivity index (χ3n) is 2.34. The van der Waals surface area contributed by atoms with Crippen LogP contribution in [-0.4, -0.2) is 26.6 Å². The van der Waals surface area contributed by atoms with Crippen molar-refractivity contribution in [2.75, 3.05) is 5.32 Å². The summed E-state index contributed by atoms with van der Waals surface area (Å²) in [5.74, 6) is -0.833. The van der Waals surface area contributed by atoms with E-state index in [2.05, 4.69) is 9.97 Å². The Morgan fingerprint density at radius 2 is 2.05 bits per heavy atom. The highest BCUT2D eigenvalue weighted by Gasteiger charge is 2.38. The zero-order valence-electron chi connectivity index (χ0n) is 9.77. The van der Waals surface area contributed by atoms with Crippen LogP contribution in [0.2, 0.25) is 0 Å². The number of alkyl halides is 3. The Hall–Kier alpha value is -2.38. The first kappa shape index (κ1) is 13.1. The first-order chi connectivity index (χ1) is 8.88. The van der Waals surface area contributed by atoms with Gasteiger partial charge < -0.3 is 5.32 Å². The van der Waals surface area contributed by atoms with Crippen molar-refractivity contribution in [2.24, 2.45) is 0 Å². The Labute approximate surface area is 106 Å². The fourth-order valence-corrected chi connectivity index (χ4v) is 1.42. The maximum atomic E-state index is 12.0. The van der Waals surface area contributed by atoms with E-state index in [4.69, 9.17) is 0 Å². The van der Waals surface area contributed by atoms with Crippen LogP contribution in [0.3, 0.4) is 0 Å². The molecule has 0 atom stereocenters. The lowest BCUT2D eigenvalue weighted by atomic mass is 10.4. The maximum Gasteiger partial charge on any atom is 0.471 e. The number of nitrogens with one attached hydrogen (secondary N) is 1. The topological polar surface area (TPSA) is 59.8 Å². The molecule has 2 rings (SSSR count). The number of carbonyl (C=O) groups is 1. The van der Waals surface area contributed by atoms with Crippen LogP contribution < -0.4 is 5.32 Å². The van der Waals surface area contributed by atoms with Crippen LogP contribution in [-0.2, 0) is 4.79 Å². The van der Waals surface area contributed by atoms with Gasteiger partial charge >= 0.3 is 12.1 Å². The highest BCUT2D eigenvalue weighted by Crippen LogP contribution is 2.18. The van der Waals surface area contributed by atoms with Gasteiger partial charge in [-0.3, -0.25) is 9.36 Å². The van der Waals surface area contributed by atoms with Crippen molar-refractivity contribution >= 4 is 11.6 Å². The third-order valence-corrected chi connectivity index (χ3v) is 2.34. The van der Waals surface area contributed by atoms with Crippen LogP contribution in [0.25, 0.3) is 5.82 Å². The molecule has 1 amide bonds. The lowest BCUT2D eigenvalue weighted by molar-refractivity contribution is -0.167.